The molecule has 3 heterocycles. The van der Waals surface area contributed by atoms with Gasteiger partial charge in [0.1, 0.15) is 5.82 Å². The Morgan fingerprint density at radius 3 is 2.77 bits per heavy atom. The highest BCUT2D eigenvalue weighted by atomic mass is 32.2. The first-order chi connectivity index (χ1) is 14.9. The third kappa shape index (κ3) is 5.00. The first kappa shape index (κ1) is 22.4. The van der Waals surface area contributed by atoms with E-state index in [9.17, 15) is 12.8 Å². The van der Waals surface area contributed by atoms with E-state index in [1.54, 1.807) is 6.92 Å². The largest absolute Gasteiger partial charge is 0.376 e. The Kier molecular flexibility index (Phi) is 6.76. The minimum Gasteiger partial charge on any atom is -0.376 e. The molecule has 1 N–H and O–H groups in total. The first-order valence-electron chi connectivity index (χ1n) is 11.0. The van der Waals surface area contributed by atoms with E-state index in [-0.39, 0.29) is 10.8 Å². The fourth-order valence-electron chi connectivity index (χ4n) is 4.38. The number of rotatable bonds is 7. The summed E-state index contributed by atoms with van der Waals surface area (Å²) in [6.45, 7) is 8.98. The van der Waals surface area contributed by atoms with Crippen LogP contribution in [0.4, 0.5) is 4.39 Å². The number of aryl methyl sites for hydroxylation is 2. The number of nitrogens with one attached hydrogen (secondary N) is 1. The van der Waals surface area contributed by atoms with Crippen LogP contribution in [0.3, 0.4) is 0 Å². The van der Waals surface area contributed by atoms with Crippen molar-refractivity contribution in [2.24, 2.45) is 5.92 Å². The summed E-state index contributed by atoms with van der Waals surface area (Å²) in [4.78, 5) is 2.36. The van der Waals surface area contributed by atoms with Crippen molar-refractivity contribution in [2.45, 2.75) is 57.7 Å². The van der Waals surface area contributed by atoms with Gasteiger partial charge in [0, 0.05) is 37.3 Å². The van der Waals surface area contributed by atoms with Gasteiger partial charge >= 0.3 is 0 Å². The molecular formula is C22H31FN4O3S. The number of sulfonamides is 1. The second-order valence-electron chi connectivity index (χ2n) is 8.47. The molecule has 1 fully saturated rings. The Morgan fingerprint density at radius 2 is 2.06 bits per heavy atom. The molecular weight excluding hydrogens is 419 g/mol. The number of hydrogen-bond acceptors (Lipinski definition) is 5. The molecule has 1 saturated heterocycles. The van der Waals surface area contributed by atoms with Crippen LogP contribution in [-0.4, -0.2) is 49.3 Å². The van der Waals surface area contributed by atoms with Crippen molar-refractivity contribution in [1.82, 2.24) is 19.4 Å². The SMILES string of the molecule is CCn1nc(CN2CCC(CNS(=O)(=O)c3ccc(C)c(F)c3)CC2)c2c1CCOC2. The number of aromatic nitrogens is 2. The highest BCUT2D eigenvalue weighted by Crippen LogP contribution is 2.25. The molecule has 0 amide bonds. The van der Waals surface area contributed by atoms with Gasteiger partial charge < -0.3 is 4.74 Å². The lowest BCUT2D eigenvalue weighted by molar-refractivity contribution is 0.107. The summed E-state index contributed by atoms with van der Waals surface area (Å²) < 4.78 is 49.2. The average Bonchev–Trinajstić information content (AvgIpc) is 3.13. The zero-order valence-corrected chi connectivity index (χ0v) is 19.0. The number of benzene rings is 1. The maximum atomic E-state index is 13.7. The van der Waals surface area contributed by atoms with Crippen LogP contribution in [0.2, 0.25) is 0 Å². The molecule has 4 rings (SSSR count). The third-order valence-corrected chi connectivity index (χ3v) is 7.80. The molecule has 0 unspecified atom stereocenters. The predicted molar refractivity (Wildman–Crippen MR) is 116 cm³/mol. The minimum absolute atomic E-state index is 0.0217. The van der Waals surface area contributed by atoms with Gasteiger partial charge in [-0.3, -0.25) is 9.58 Å². The van der Waals surface area contributed by atoms with Crippen molar-refractivity contribution < 1.29 is 17.5 Å². The molecule has 1 aromatic heterocycles. The number of hydrogen-bond donors (Lipinski definition) is 1. The van der Waals surface area contributed by atoms with Gasteiger partial charge in [-0.15, -0.1) is 0 Å². The van der Waals surface area contributed by atoms with Crippen LogP contribution in [0.1, 0.15) is 42.3 Å². The second kappa shape index (κ2) is 9.36. The van der Waals surface area contributed by atoms with Gasteiger partial charge in [0.2, 0.25) is 10.0 Å². The molecule has 0 aliphatic carbocycles. The minimum atomic E-state index is -3.70. The Bertz CT molecular complexity index is 1030. The Balaban J connectivity index is 1.30. The maximum absolute atomic E-state index is 13.7. The van der Waals surface area contributed by atoms with E-state index in [1.807, 2.05) is 0 Å². The summed E-state index contributed by atoms with van der Waals surface area (Å²) >= 11 is 0. The van der Waals surface area contributed by atoms with Gasteiger partial charge in [-0.05, 0) is 63.4 Å². The van der Waals surface area contributed by atoms with Crippen molar-refractivity contribution in [2.75, 3.05) is 26.2 Å². The molecule has 2 aliphatic rings. The quantitative estimate of drug-likeness (QED) is 0.702. The topological polar surface area (TPSA) is 76.5 Å². The van der Waals surface area contributed by atoms with E-state index < -0.39 is 15.8 Å². The summed E-state index contributed by atoms with van der Waals surface area (Å²) in [7, 11) is -3.70. The number of piperidine rings is 1. The molecule has 0 bridgehead atoms. The molecule has 2 aliphatic heterocycles. The smallest absolute Gasteiger partial charge is 0.240 e. The molecule has 7 nitrogen and oxygen atoms in total. The molecule has 2 aromatic rings. The molecule has 1 aromatic carbocycles. The highest BCUT2D eigenvalue weighted by Gasteiger charge is 2.26. The molecule has 0 spiro atoms. The van der Waals surface area contributed by atoms with Crippen molar-refractivity contribution >= 4 is 10.0 Å². The Labute approximate surface area is 183 Å². The average molecular weight is 451 g/mol. The van der Waals surface area contributed by atoms with Crippen LogP contribution >= 0.6 is 0 Å². The molecule has 0 atom stereocenters. The zero-order chi connectivity index (χ0) is 22.0. The normalized spacial score (nSPS) is 18.3. The Morgan fingerprint density at radius 1 is 1.29 bits per heavy atom. The van der Waals surface area contributed by atoms with Gasteiger partial charge in [0.15, 0.2) is 0 Å². The Hall–Kier alpha value is -1.81. The van der Waals surface area contributed by atoms with E-state index >= 15 is 0 Å². The van der Waals surface area contributed by atoms with Crippen LogP contribution in [0.5, 0.6) is 0 Å². The fourth-order valence-corrected chi connectivity index (χ4v) is 5.51. The third-order valence-electron chi connectivity index (χ3n) is 6.37. The maximum Gasteiger partial charge on any atom is 0.240 e. The van der Waals surface area contributed by atoms with Gasteiger partial charge in [-0.25, -0.2) is 17.5 Å². The zero-order valence-electron chi connectivity index (χ0n) is 18.2. The van der Waals surface area contributed by atoms with E-state index in [4.69, 9.17) is 9.84 Å². The van der Waals surface area contributed by atoms with Gasteiger partial charge in [-0.2, -0.15) is 5.10 Å². The molecule has 31 heavy (non-hydrogen) atoms. The standard InChI is InChI=1S/C22H31FN4O3S/c1-3-27-22-8-11-30-15-19(22)21(25-27)14-26-9-6-17(7-10-26)13-24-31(28,29)18-5-4-16(2)20(23)12-18/h4-5,12,17,24H,3,6-11,13-15H2,1-2H3. The van der Waals surface area contributed by atoms with Crippen LogP contribution in [-0.2, 0) is 40.9 Å². The van der Waals surface area contributed by atoms with Gasteiger partial charge in [0.25, 0.3) is 0 Å². The summed E-state index contributed by atoms with van der Waals surface area (Å²) in [6.07, 6.45) is 2.75. The number of likely N-dealkylation sites (tertiary alicyclic amines) is 1. The number of nitrogens with zero attached hydrogens (tertiary/aromatic N) is 3. The van der Waals surface area contributed by atoms with Crippen LogP contribution in [0.25, 0.3) is 0 Å². The molecule has 9 heteroatoms. The summed E-state index contributed by atoms with van der Waals surface area (Å²) in [5.74, 6) is -0.235. The lowest BCUT2D eigenvalue weighted by Gasteiger charge is -2.31. The fraction of sp³-hybridized carbons (Fsp3) is 0.591. The lowest BCUT2D eigenvalue weighted by Crippen LogP contribution is -2.38. The summed E-state index contributed by atoms with van der Waals surface area (Å²) in [5.41, 5.74) is 4.09. The van der Waals surface area contributed by atoms with Crippen molar-refractivity contribution in [3.63, 3.8) is 0 Å². The number of fused-ring (bicyclic) bond motifs is 1. The predicted octanol–water partition coefficient (Wildman–Crippen LogP) is 2.61. The first-order valence-corrected chi connectivity index (χ1v) is 12.5. The van der Waals surface area contributed by atoms with Crippen LogP contribution in [0, 0.1) is 18.7 Å². The van der Waals surface area contributed by atoms with Crippen LogP contribution in [0.15, 0.2) is 23.1 Å². The van der Waals surface area contributed by atoms with Gasteiger partial charge in [-0.1, -0.05) is 6.07 Å². The molecule has 0 saturated carbocycles. The van der Waals surface area contributed by atoms with Crippen LogP contribution < -0.4 is 4.72 Å². The summed E-state index contributed by atoms with van der Waals surface area (Å²) in [5, 5.41) is 4.81. The lowest BCUT2D eigenvalue weighted by atomic mass is 9.97. The number of halogens is 1. The highest BCUT2D eigenvalue weighted by molar-refractivity contribution is 7.89. The van der Waals surface area contributed by atoms with Crippen molar-refractivity contribution in [1.29, 1.82) is 0 Å². The van der Waals surface area contributed by atoms with Gasteiger partial charge in [0.05, 0.1) is 23.8 Å². The molecule has 0 radical (unpaired) electrons. The van der Waals surface area contributed by atoms with E-state index in [2.05, 4.69) is 21.2 Å². The molecule has 170 valence electrons. The van der Waals surface area contributed by atoms with E-state index in [0.29, 0.717) is 18.7 Å². The second-order valence-corrected chi connectivity index (χ2v) is 10.2. The van der Waals surface area contributed by atoms with Crippen molar-refractivity contribution in [3.8, 4) is 0 Å². The number of ether oxygens (including phenoxy) is 1. The monoisotopic (exact) mass is 450 g/mol. The van der Waals surface area contributed by atoms with Crippen molar-refractivity contribution in [3.05, 3.63) is 46.5 Å². The van der Waals surface area contributed by atoms with E-state index in [0.717, 1.165) is 63.8 Å². The van der Waals surface area contributed by atoms with E-state index in [1.165, 1.54) is 23.4 Å². The summed E-state index contributed by atoms with van der Waals surface area (Å²) in [6, 6.07) is 4.02.